The van der Waals surface area contributed by atoms with E-state index < -0.39 is 16.5 Å². The van der Waals surface area contributed by atoms with Gasteiger partial charge in [0.25, 0.3) is 0 Å². The monoisotopic (exact) mass is 404 g/mol. The summed E-state index contributed by atoms with van der Waals surface area (Å²) in [5.41, 5.74) is -0.530. The number of nitriles is 1. The fourth-order valence-electron chi connectivity index (χ4n) is 2.43. The molecule has 1 heterocycles. The van der Waals surface area contributed by atoms with Gasteiger partial charge in [-0.1, -0.05) is 11.6 Å². The molecule has 3 nitrogen and oxygen atoms in total. The average molecular weight is 405 g/mol. The number of thiophene rings is 1. The standard InChI is InChI=1S/C17H25ClN2OS3/c1-12-9-13(18)14(23-12)16(5,20-24(21)15(2,3)4)11-22-17(10-19)7-6-8-17/h9,20H,6-8,11H2,1-5H3. The van der Waals surface area contributed by atoms with Crippen molar-refractivity contribution in [2.45, 2.75) is 68.9 Å². The molecule has 1 saturated carbocycles. The molecule has 1 aromatic heterocycles. The van der Waals surface area contributed by atoms with Crippen molar-refractivity contribution in [2.75, 3.05) is 5.75 Å². The van der Waals surface area contributed by atoms with Gasteiger partial charge in [0, 0.05) is 15.5 Å². The molecule has 1 fully saturated rings. The molecule has 2 unspecified atom stereocenters. The number of nitrogens with zero attached hydrogens (tertiary/aromatic N) is 1. The van der Waals surface area contributed by atoms with Crippen LogP contribution < -0.4 is 4.72 Å². The van der Waals surface area contributed by atoms with E-state index >= 15 is 0 Å². The molecular formula is C17H25ClN2OS3. The summed E-state index contributed by atoms with van der Waals surface area (Å²) in [7, 11) is -1.22. The predicted octanol–water partition coefficient (Wildman–Crippen LogP) is 5.16. The van der Waals surface area contributed by atoms with Crippen molar-refractivity contribution in [2.24, 2.45) is 0 Å². The third kappa shape index (κ3) is 4.37. The topological polar surface area (TPSA) is 52.9 Å². The second kappa shape index (κ2) is 7.28. The van der Waals surface area contributed by atoms with Crippen molar-refractivity contribution in [3.63, 3.8) is 0 Å². The summed E-state index contributed by atoms with van der Waals surface area (Å²) in [6, 6.07) is 4.43. The van der Waals surface area contributed by atoms with Gasteiger partial charge in [0.05, 0.1) is 32.4 Å². The molecule has 0 bridgehead atoms. The maximum atomic E-state index is 12.7. The summed E-state index contributed by atoms with van der Waals surface area (Å²) >= 11 is 9.76. The van der Waals surface area contributed by atoms with E-state index in [0.717, 1.165) is 29.0 Å². The van der Waals surface area contributed by atoms with Crippen molar-refractivity contribution in [1.29, 1.82) is 5.26 Å². The van der Waals surface area contributed by atoms with Gasteiger partial charge in [-0.3, -0.25) is 0 Å². The zero-order valence-electron chi connectivity index (χ0n) is 14.9. The SMILES string of the molecule is Cc1cc(Cl)c(C(C)(CSC2(C#N)CCC2)NS(=O)C(C)(C)C)s1. The van der Waals surface area contributed by atoms with Crippen LogP contribution in [0.15, 0.2) is 6.07 Å². The highest BCUT2D eigenvalue weighted by Crippen LogP contribution is 2.47. The number of nitrogens with one attached hydrogen (secondary N) is 1. The molecule has 7 heteroatoms. The number of halogens is 1. The van der Waals surface area contributed by atoms with E-state index in [9.17, 15) is 9.47 Å². The first kappa shape index (κ1) is 20.3. The second-order valence-electron chi connectivity index (χ2n) is 7.60. The van der Waals surface area contributed by atoms with Crippen molar-refractivity contribution < 1.29 is 4.21 Å². The van der Waals surface area contributed by atoms with Crippen LogP contribution in [0.3, 0.4) is 0 Å². The molecule has 1 aliphatic rings. The van der Waals surface area contributed by atoms with Crippen LogP contribution in [-0.2, 0) is 16.5 Å². The average Bonchev–Trinajstić information content (AvgIpc) is 2.76. The lowest BCUT2D eigenvalue weighted by Crippen LogP contribution is -2.48. The third-order valence-corrected chi connectivity index (χ3v) is 9.43. The molecule has 0 amide bonds. The molecule has 1 N–H and O–H groups in total. The van der Waals surface area contributed by atoms with Gasteiger partial charge in [-0.2, -0.15) is 5.26 Å². The summed E-state index contributed by atoms with van der Waals surface area (Å²) in [6.45, 7) is 9.93. The Morgan fingerprint density at radius 3 is 2.46 bits per heavy atom. The molecule has 0 saturated heterocycles. The number of aryl methyl sites for hydroxylation is 1. The van der Waals surface area contributed by atoms with E-state index in [1.165, 1.54) is 0 Å². The maximum absolute atomic E-state index is 12.7. The number of hydrogen-bond acceptors (Lipinski definition) is 4. The Morgan fingerprint density at radius 1 is 1.46 bits per heavy atom. The summed E-state index contributed by atoms with van der Waals surface area (Å²) < 4.78 is 15.4. The third-order valence-electron chi connectivity index (χ3n) is 4.19. The van der Waals surface area contributed by atoms with E-state index in [1.54, 1.807) is 23.1 Å². The predicted molar refractivity (Wildman–Crippen MR) is 107 cm³/mol. The lowest BCUT2D eigenvalue weighted by molar-refractivity contribution is 0.434. The first-order valence-electron chi connectivity index (χ1n) is 8.03. The summed E-state index contributed by atoms with van der Waals surface area (Å²) in [6.07, 6.45) is 2.98. The van der Waals surface area contributed by atoms with Gasteiger partial charge in [-0.25, -0.2) is 8.93 Å². The van der Waals surface area contributed by atoms with Crippen LogP contribution in [0.4, 0.5) is 0 Å². The lowest BCUT2D eigenvalue weighted by atomic mass is 9.86. The molecule has 1 aliphatic carbocycles. The van der Waals surface area contributed by atoms with Crippen molar-refractivity contribution in [3.8, 4) is 6.07 Å². The minimum atomic E-state index is -1.22. The van der Waals surface area contributed by atoms with Gasteiger partial charge in [-0.05, 0) is 59.9 Å². The van der Waals surface area contributed by atoms with Crippen LogP contribution in [0.1, 0.15) is 56.7 Å². The number of hydrogen-bond donors (Lipinski definition) is 1. The summed E-state index contributed by atoms with van der Waals surface area (Å²) in [5, 5.41) is 10.2. The molecule has 2 atom stereocenters. The highest BCUT2D eigenvalue weighted by atomic mass is 35.5. The van der Waals surface area contributed by atoms with E-state index in [4.69, 9.17) is 11.6 Å². The molecule has 2 rings (SSSR count). The van der Waals surface area contributed by atoms with Crippen molar-refractivity contribution in [3.05, 3.63) is 20.8 Å². The maximum Gasteiger partial charge on any atom is 0.102 e. The molecule has 0 aromatic carbocycles. The first-order valence-corrected chi connectivity index (χ1v) is 11.4. The molecule has 0 aliphatic heterocycles. The van der Waals surface area contributed by atoms with E-state index in [-0.39, 0.29) is 9.49 Å². The minimum Gasteiger partial charge on any atom is -0.242 e. The largest absolute Gasteiger partial charge is 0.242 e. The van der Waals surface area contributed by atoms with Gasteiger partial charge in [-0.15, -0.1) is 23.1 Å². The van der Waals surface area contributed by atoms with Crippen LogP contribution in [0.5, 0.6) is 0 Å². The Labute approximate surface area is 161 Å². The molecule has 1 aromatic rings. The molecule has 0 radical (unpaired) electrons. The zero-order chi connectivity index (χ0) is 18.2. The fourth-order valence-corrected chi connectivity index (χ4v) is 6.54. The number of thioether (sulfide) groups is 1. The Kier molecular flexibility index (Phi) is 6.15. The minimum absolute atomic E-state index is 0.287. The van der Waals surface area contributed by atoms with E-state index in [2.05, 4.69) is 10.8 Å². The Bertz CT molecular complexity index is 670. The second-order valence-corrected chi connectivity index (χ2v) is 12.6. The lowest BCUT2D eigenvalue weighted by Gasteiger charge is -2.39. The van der Waals surface area contributed by atoms with Crippen molar-refractivity contribution in [1.82, 2.24) is 4.72 Å². The van der Waals surface area contributed by atoms with Gasteiger partial charge in [0.1, 0.15) is 4.75 Å². The van der Waals surface area contributed by atoms with Crippen LogP contribution in [0, 0.1) is 18.3 Å². The number of rotatable bonds is 6. The normalized spacial score (nSPS) is 20.7. The quantitative estimate of drug-likeness (QED) is 0.712. The smallest absolute Gasteiger partial charge is 0.102 e. The zero-order valence-corrected chi connectivity index (χ0v) is 18.1. The van der Waals surface area contributed by atoms with E-state index in [1.807, 2.05) is 40.7 Å². The van der Waals surface area contributed by atoms with Crippen LogP contribution >= 0.6 is 34.7 Å². The molecular weight excluding hydrogens is 380 g/mol. The Balaban J connectivity index is 2.29. The Hall–Kier alpha value is -0.0600. The van der Waals surface area contributed by atoms with Gasteiger partial charge in [0.2, 0.25) is 0 Å². The van der Waals surface area contributed by atoms with Crippen LogP contribution in [-0.4, -0.2) is 19.5 Å². The van der Waals surface area contributed by atoms with Crippen LogP contribution in [0.2, 0.25) is 5.02 Å². The molecule has 134 valence electrons. The van der Waals surface area contributed by atoms with E-state index in [0.29, 0.717) is 10.8 Å². The van der Waals surface area contributed by atoms with Gasteiger partial charge < -0.3 is 0 Å². The van der Waals surface area contributed by atoms with Gasteiger partial charge >= 0.3 is 0 Å². The highest BCUT2D eigenvalue weighted by molar-refractivity contribution is 8.01. The highest BCUT2D eigenvalue weighted by Gasteiger charge is 2.42. The molecule has 24 heavy (non-hydrogen) atoms. The van der Waals surface area contributed by atoms with Gasteiger partial charge in [0.15, 0.2) is 0 Å². The van der Waals surface area contributed by atoms with Crippen LogP contribution in [0.25, 0.3) is 0 Å². The Morgan fingerprint density at radius 2 is 2.08 bits per heavy atom. The summed E-state index contributed by atoms with van der Waals surface area (Å²) in [5.74, 6) is 0.669. The first-order chi connectivity index (χ1) is 11.0. The molecule has 0 spiro atoms. The van der Waals surface area contributed by atoms with Crippen molar-refractivity contribution >= 4 is 45.7 Å². The summed E-state index contributed by atoms with van der Waals surface area (Å²) in [4.78, 5) is 2.13. The fraction of sp³-hybridized carbons (Fsp3) is 0.706.